The third-order valence-electron chi connectivity index (χ3n) is 4.78. The number of rotatable bonds is 7. The highest BCUT2D eigenvalue weighted by Gasteiger charge is 2.29. The number of hydrogen-bond donors (Lipinski definition) is 0. The molecule has 0 radical (unpaired) electrons. The molecule has 132 valence electrons. The second-order valence-electron chi connectivity index (χ2n) is 7.48. The molecule has 0 saturated heterocycles. The first kappa shape index (κ1) is 18.3. The van der Waals surface area contributed by atoms with E-state index < -0.39 is 5.41 Å². The van der Waals surface area contributed by atoms with Gasteiger partial charge in [0.15, 0.2) is 0 Å². The summed E-state index contributed by atoms with van der Waals surface area (Å²) in [6.45, 7) is 5.17. The highest BCUT2D eigenvalue weighted by Crippen LogP contribution is 2.45. The van der Waals surface area contributed by atoms with Gasteiger partial charge in [0.05, 0.1) is 5.69 Å². The molecule has 0 unspecified atom stereocenters. The summed E-state index contributed by atoms with van der Waals surface area (Å²) >= 11 is 7.71. The summed E-state index contributed by atoms with van der Waals surface area (Å²) in [5, 5.41) is 3.63. The van der Waals surface area contributed by atoms with Crippen LogP contribution in [0.5, 0.6) is 0 Å². The lowest BCUT2D eigenvalue weighted by Crippen LogP contribution is -2.25. The molecule has 25 heavy (non-hydrogen) atoms. The number of carbonyl (C=O) groups excluding carboxylic acids is 2. The summed E-state index contributed by atoms with van der Waals surface area (Å²) in [5.41, 5.74) is 2.56. The van der Waals surface area contributed by atoms with Crippen LogP contribution in [0, 0.1) is 5.41 Å². The topological polar surface area (TPSA) is 47.0 Å². The van der Waals surface area contributed by atoms with E-state index in [1.807, 2.05) is 37.4 Å². The Morgan fingerprint density at radius 3 is 2.68 bits per heavy atom. The average Bonchev–Trinajstić information content (AvgIpc) is 3.27. The molecule has 0 amide bonds. The summed E-state index contributed by atoms with van der Waals surface area (Å²) in [6, 6.07) is 5.96. The van der Waals surface area contributed by atoms with Gasteiger partial charge in [0.1, 0.15) is 16.6 Å². The lowest BCUT2D eigenvalue weighted by atomic mass is 9.83. The van der Waals surface area contributed by atoms with Crippen molar-refractivity contribution >= 4 is 34.5 Å². The molecule has 1 fully saturated rings. The maximum absolute atomic E-state index is 12.3. The Hall–Kier alpha value is -1.52. The molecule has 1 aromatic heterocycles. The number of aromatic nitrogens is 1. The van der Waals surface area contributed by atoms with Crippen LogP contribution in [0.25, 0.3) is 10.6 Å². The van der Waals surface area contributed by atoms with E-state index >= 15 is 0 Å². The molecule has 1 aliphatic carbocycles. The van der Waals surface area contributed by atoms with Crippen LogP contribution in [0.3, 0.4) is 0 Å². The number of nitrogens with zero attached hydrogens (tertiary/aromatic N) is 1. The molecular weight excluding hydrogens is 354 g/mol. The minimum absolute atomic E-state index is 0.0371. The van der Waals surface area contributed by atoms with Crippen molar-refractivity contribution < 1.29 is 9.59 Å². The number of benzene rings is 1. The molecule has 1 aliphatic rings. The molecule has 1 heterocycles. The van der Waals surface area contributed by atoms with E-state index in [2.05, 4.69) is 4.98 Å². The van der Waals surface area contributed by atoms with Crippen molar-refractivity contribution in [3.63, 3.8) is 0 Å². The SMILES string of the molecule is CC(=O)C(C)(C)CC(=O)Cc1csc(-c2ccc(Cl)cc2C2CC2)n1. The standard InChI is InChI=1S/C20H22ClNO2S/c1-12(23)20(2,3)10-16(24)9-15-11-25-19(22-15)17-7-6-14(21)8-18(17)13-4-5-13/h6-8,11,13H,4-5,9-10H2,1-3H3. The zero-order chi connectivity index (χ0) is 18.2. The van der Waals surface area contributed by atoms with E-state index in [9.17, 15) is 9.59 Å². The molecule has 0 atom stereocenters. The van der Waals surface area contributed by atoms with Gasteiger partial charge < -0.3 is 0 Å². The zero-order valence-corrected chi connectivity index (χ0v) is 16.3. The van der Waals surface area contributed by atoms with Crippen LogP contribution in [-0.4, -0.2) is 16.6 Å². The minimum Gasteiger partial charge on any atom is -0.299 e. The summed E-state index contributed by atoms with van der Waals surface area (Å²) in [6.07, 6.45) is 2.93. The van der Waals surface area contributed by atoms with Crippen molar-refractivity contribution in [2.24, 2.45) is 5.41 Å². The Morgan fingerprint density at radius 1 is 1.32 bits per heavy atom. The fraction of sp³-hybridized carbons (Fsp3) is 0.450. The van der Waals surface area contributed by atoms with Gasteiger partial charge in [-0.3, -0.25) is 9.59 Å². The lowest BCUT2D eigenvalue weighted by molar-refractivity contribution is -0.130. The number of hydrogen-bond acceptors (Lipinski definition) is 4. The largest absolute Gasteiger partial charge is 0.299 e. The van der Waals surface area contributed by atoms with Crippen LogP contribution in [-0.2, 0) is 16.0 Å². The van der Waals surface area contributed by atoms with Gasteiger partial charge in [0, 0.05) is 34.2 Å². The van der Waals surface area contributed by atoms with Gasteiger partial charge in [-0.05, 0) is 43.4 Å². The first-order chi connectivity index (χ1) is 11.8. The predicted molar refractivity (Wildman–Crippen MR) is 102 cm³/mol. The monoisotopic (exact) mass is 375 g/mol. The molecule has 0 spiro atoms. The number of halogens is 1. The number of ketones is 2. The number of thiazole rings is 1. The third kappa shape index (κ3) is 4.36. The van der Waals surface area contributed by atoms with E-state index in [-0.39, 0.29) is 24.4 Å². The number of carbonyl (C=O) groups is 2. The van der Waals surface area contributed by atoms with Crippen molar-refractivity contribution in [2.75, 3.05) is 0 Å². The molecule has 2 aromatic rings. The van der Waals surface area contributed by atoms with E-state index in [1.54, 1.807) is 11.3 Å². The smallest absolute Gasteiger partial charge is 0.139 e. The highest BCUT2D eigenvalue weighted by atomic mass is 35.5. The molecule has 3 rings (SSSR count). The van der Waals surface area contributed by atoms with Gasteiger partial charge in [-0.25, -0.2) is 4.98 Å². The van der Waals surface area contributed by atoms with Crippen LogP contribution in [0.4, 0.5) is 0 Å². The van der Waals surface area contributed by atoms with Crippen LogP contribution < -0.4 is 0 Å². The van der Waals surface area contributed by atoms with Gasteiger partial charge in [-0.2, -0.15) is 0 Å². The molecule has 5 heteroatoms. The zero-order valence-electron chi connectivity index (χ0n) is 14.8. The fourth-order valence-corrected chi connectivity index (χ4v) is 3.90. The summed E-state index contributed by atoms with van der Waals surface area (Å²) in [5.74, 6) is 0.671. The van der Waals surface area contributed by atoms with Crippen LogP contribution in [0.1, 0.15) is 57.2 Å². The van der Waals surface area contributed by atoms with E-state index in [0.717, 1.165) is 21.3 Å². The van der Waals surface area contributed by atoms with E-state index in [1.165, 1.54) is 25.3 Å². The van der Waals surface area contributed by atoms with Crippen molar-refractivity contribution in [1.29, 1.82) is 0 Å². The lowest BCUT2D eigenvalue weighted by Gasteiger charge is -2.19. The molecule has 0 N–H and O–H groups in total. The molecule has 3 nitrogen and oxygen atoms in total. The van der Waals surface area contributed by atoms with Gasteiger partial charge in [0.2, 0.25) is 0 Å². The minimum atomic E-state index is -0.606. The second-order valence-corrected chi connectivity index (χ2v) is 8.78. The first-order valence-electron chi connectivity index (χ1n) is 8.53. The Bertz CT molecular complexity index is 821. The van der Waals surface area contributed by atoms with Crippen molar-refractivity contribution in [3.05, 3.63) is 39.9 Å². The number of Topliss-reactive ketones (excluding diaryl/α,β-unsaturated/α-hetero) is 2. The maximum Gasteiger partial charge on any atom is 0.139 e. The first-order valence-corrected chi connectivity index (χ1v) is 9.79. The van der Waals surface area contributed by atoms with E-state index in [4.69, 9.17) is 11.6 Å². The molecule has 1 aromatic carbocycles. The van der Waals surface area contributed by atoms with Crippen LogP contribution in [0.15, 0.2) is 23.6 Å². The van der Waals surface area contributed by atoms with Crippen molar-refractivity contribution in [3.8, 4) is 10.6 Å². The fourth-order valence-electron chi connectivity index (χ4n) is 2.85. The molecule has 0 aliphatic heterocycles. The Morgan fingerprint density at radius 2 is 2.04 bits per heavy atom. The Balaban J connectivity index is 1.75. The van der Waals surface area contributed by atoms with Gasteiger partial charge in [-0.15, -0.1) is 11.3 Å². The van der Waals surface area contributed by atoms with Crippen LogP contribution in [0.2, 0.25) is 5.02 Å². The van der Waals surface area contributed by atoms with Gasteiger partial charge in [-0.1, -0.05) is 31.5 Å². The van der Waals surface area contributed by atoms with Crippen LogP contribution >= 0.6 is 22.9 Å². The second kappa shape index (κ2) is 7.00. The predicted octanol–water partition coefficient (Wildman–Crippen LogP) is 5.46. The molecular formula is C20H22ClNO2S. The highest BCUT2D eigenvalue weighted by molar-refractivity contribution is 7.13. The maximum atomic E-state index is 12.3. The molecule has 1 saturated carbocycles. The summed E-state index contributed by atoms with van der Waals surface area (Å²) in [4.78, 5) is 28.6. The van der Waals surface area contributed by atoms with Crippen molar-refractivity contribution in [1.82, 2.24) is 4.98 Å². The van der Waals surface area contributed by atoms with Crippen molar-refractivity contribution in [2.45, 2.75) is 52.4 Å². The normalized spacial score (nSPS) is 14.6. The average molecular weight is 376 g/mol. The van der Waals surface area contributed by atoms with Gasteiger partial charge in [0.25, 0.3) is 0 Å². The summed E-state index contributed by atoms with van der Waals surface area (Å²) < 4.78 is 0. The Kier molecular flexibility index (Phi) is 5.12. The Labute approximate surface area is 157 Å². The van der Waals surface area contributed by atoms with Gasteiger partial charge >= 0.3 is 0 Å². The van der Waals surface area contributed by atoms with E-state index in [0.29, 0.717) is 5.92 Å². The third-order valence-corrected chi connectivity index (χ3v) is 5.94. The summed E-state index contributed by atoms with van der Waals surface area (Å²) in [7, 11) is 0. The quantitative estimate of drug-likeness (QED) is 0.645. The molecule has 0 bridgehead atoms.